The third kappa shape index (κ3) is 6.40. The van der Waals surface area contributed by atoms with E-state index in [1.807, 2.05) is 19.1 Å². The average Bonchev–Trinajstić information content (AvgIpc) is 3.16. The van der Waals surface area contributed by atoms with Crippen LogP contribution >= 0.6 is 11.6 Å². The molecule has 0 saturated heterocycles. The summed E-state index contributed by atoms with van der Waals surface area (Å²) in [5, 5.41) is 5.46. The van der Waals surface area contributed by atoms with Crippen molar-refractivity contribution in [1.82, 2.24) is 0 Å². The number of carbonyl (C=O) groups is 4. The highest BCUT2D eigenvalue weighted by atomic mass is 35.5. The van der Waals surface area contributed by atoms with Gasteiger partial charge in [0.15, 0.2) is 0 Å². The van der Waals surface area contributed by atoms with E-state index in [9.17, 15) is 19.2 Å². The molecule has 0 atom stereocenters. The Labute approximate surface area is 238 Å². The molecule has 0 saturated carbocycles. The molecule has 0 aromatic heterocycles. The minimum atomic E-state index is -0.612. The first-order chi connectivity index (χ1) is 19.2. The van der Waals surface area contributed by atoms with Gasteiger partial charge in [0.05, 0.1) is 17.9 Å². The molecule has 206 valence electrons. The number of ether oxygens (including phenoxy) is 1. The number of halogens is 1. The zero-order chi connectivity index (χ0) is 28.8. The van der Waals surface area contributed by atoms with Crippen LogP contribution in [0, 0.1) is 0 Å². The third-order valence-corrected chi connectivity index (χ3v) is 6.70. The van der Waals surface area contributed by atoms with Crippen LogP contribution in [0.2, 0.25) is 0 Å². The van der Waals surface area contributed by atoms with Gasteiger partial charge in [0.1, 0.15) is 10.7 Å². The molecule has 0 spiro atoms. The van der Waals surface area contributed by atoms with Crippen molar-refractivity contribution in [3.05, 3.63) is 100 Å². The molecule has 2 N–H and O–H groups in total. The molecule has 3 aromatic rings. The number of esters is 1. The molecule has 0 radical (unpaired) electrons. The van der Waals surface area contributed by atoms with Crippen LogP contribution in [0.5, 0.6) is 0 Å². The predicted molar refractivity (Wildman–Crippen MR) is 156 cm³/mol. The summed E-state index contributed by atoms with van der Waals surface area (Å²) >= 11 is 6.25. The Bertz CT molecular complexity index is 1460. The molecular formula is C31H30ClN3O5. The monoisotopic (exact) mass is 559 g/mol. The van der Waals surface area contributed by atoms with Gasteiger partial charge < -0.3 is 15.4 Å². The largest absolute Gasteiger partial charge is 0.462 e. The van der Waals surface area contributed by atoms with Crippen molar-refractivity contribution >= 4 is 52.4 Å². The molecule has 3 amide bonds. The number of nitrogens with one attached hydrogen (secondary N) is 2. The molecule has 4 rings (SSSR count). The van der Waals surface area contributed by atoms with E-state index in [4.69, 9.17) is 16.3 Å². The summed E-state index contributed by atoms with van der Waals surface area (Å²) in [5.41, 5.74) is 3.09. The predicted octanol–water partition coefficient (Wildman–Crippen LogP) is 6.45. The molecule has 1 aliphatic rings. The number of carbonyl (C=O) groups excluding carboxylic acids is 4. The number of anilines is 3. The minimum Gasteiger partial charge on any atom is -0.462 e. The molecule has 8 nitrogen and oxygen atoms in total. The molecule has 1 aliphatic heterocycles. The quantitative estimate of drug-likeness (QED) is 0.168. The topological polar surface area (TPSA) is 105 Å². The number of unbranched alkanes of at least 4 members (excludes halogenated alkanes) is 1. The van der Waals surface area contributed by atoms with Crippen molar-refractivity contribution in [2.45, 2.75) is 39.5 Å². The van der Waals surface area contributed by atoms with Crippen LogP contribution in [0.1, 0.15) is 65.8 Å². The number of imide groups is 1. The van der Waals surface area contributed by atoms with Gasteiger partial charge in [-0.1, -0.05) is 57.0 Å². The Balaban J connectivity index is 1.41. The van der Waals surface area contributed by atoms with E-state index in [2.05, 4.69) is 24.5 Å². The molecule has 40 heavy (non-hydrogen) atoms. The van der Waals surface area contributed by atoms with Crippen LogP contribution in [-0.4, -0.2) is 30.3 Å². The van der Waals surface area contributed by atoms with Crippen molar-refractivity contribution in [1.29, 1.82) is 0 Å². The van der Waals surface area contributed by atoms with Gasteiger partial charge in [0.2, 0.25) is 0 Å². The fourth-order valence-electron chi connectivity index (χ4n) is 4.02. The van der Waals surface area contributed by atoms with E-state index in [1.54, 1.807) is 60.7 Å². The lowest BCUT2D eigenvalue weighted by Gasteiger charge is -2.16. The van der Waals surface area contributed by atoms with Gasteiger partial charge >= 0.3 is 5.97 Å². The van der Waals surface area contributed by atoms with Gasteiger partial charge in [0.25, 0.3) is 17.7 Å². The fourth-order valence-corrected chi connectivity index (χ4v) is 4.24. The summed E-state index contributed by atoms with van der Waals surface area (Å²) in [4.78, 5) is 51.9. The molecule has 0 fully saturated rings. The molecule has 0 bridgehead atoms. The average molecular weight is 560 g/mol. The molecule has 3 aromatic carbocycles. The number of hydrogen-bond donors (Lipinski definition) is 2. The maximum Gasteiger partial charge on any atom is 0.338 e. The van der Waals surface area contributed by atoms with Gasteiger partial charge in [0, 0.05) is 16.9 Å². The Hall–Kier alpha value is -4.43. The molecule has 0 unspecified atom stereocenters. The summed E-state index contributed by atoms with van der Waals surface area (Å²) in [6.07, 6.45) is 1.70. The van der Waals surface area contributed by atoms with E-state index in [-0.39, 0.29) is 16.6 Å². The summed E-state index contributed by atoms with van der Waals surface area (Å²) < 4.78 is 5.23. The second-order valence-corrected chi connectivity index (χ2v) is 9.99. The first kappa shape index (κ1) is 28.6. The Morgan fingerprint density at radius 3 is 2.25 bits per heavy atom. The van der Waals surface area contributed by atoms with Gasteiger partial charge in [-0.25, -0.2) is 9.69 Å². The Kier molecular flexibility index (Phi) is 9.01. The Morgan fingerprint density at radius 2 is 1.60 bits per heavy atom. The first-order valence-corrected chi connectivity index (χ1v) is 13.4. The van der Waals surface area contributed by atoms with Crippen molar-refractivity contribution in [2.24, 2.45) is 0 Å². The number of hydrogen-bond acceptors (Lipinski definition) is 6. The SMILES string of the molecule is CCCCOC(=O)c1cccc(NC(=O)c2ccc(NC3=C(Cl)C(=O)N(c4ccc(C(C)C)cc4)C3=O)cc2)c1. The zero-order valence-corrected chi connectivity index (χ0v) is 23.2. The number of amides is 3. The van der Waals surface area contributed by atoms with Gasteiger partial charge in [-0.3, -0.25) is 14.4 Å². The number of benzene rings is 3. The van der Waals surface area contributed by atoms with Gasteiger partial charge in [-0.15, -0.1) is 0 Å². The second-order valence-electron chi connectivity index (χ2n) is 9.61. The number of nitrogens with zero attached hydrogens (tertiary/aromatic N) is 1. The molecule has 9 heteroatoms. The highest BCUT2D eigenvalue weighted by molar-refractivity contribution is 6.53. The van der Waals surface area contributed by atoms with Crippen LogP contribution < -0.4 is 15.5 Å². The summed E-state index contributed by atoms with van der Waals surface area (Å²) in [5.74, 6) is -1.70. The normalized spacial score (nSPS) is 13.2. The van der Waals surface area contributed by atoms with Crippen molar-refractivity contribution in [3.63, 3.8) is 0 Å². The van der Waals surface area contributed by atoms with Crippen LogP contribution in [-0.2, 0) is 14.3 Å². The standard InChI is InChI=1S/C31H30ClN3O5/c1-4-5-17-40-31(39)22-7-6-8-24(18-22)34-28(36)21-9-13-23(14-10-21)33-27-26(32)29(37)35(30(27)38)25-15-11-20(12-16-25)19(2)3/h6-16,18-19,33H,4-5,17H2,1-3H3,(H,34,36). The fraction of sp³-hybridized carbons (Fsp3) is 0.226. The summed E-state index contributed by atoms with van der Waals surface area (Å²) in [6.45, 7) is 6.47. The van der Waals surface area contributed by atoms with Crippen molar-refractivity contribution in [3.8, 4) is 0 Å². The molecular weight excluding hydrogens is 530 g/mol. The Morgan fingerprint density at radius 1 is 0.900 bits per heavy atom. The van der Waals surface area contributed by atoms with Crippen molar-refractivity contribution in [2.75, 3.05) is 22.1 Å². The zero-order valence-electron chi connectivity index (χ0n) is 22.5. The van der Waals surface area contributed by atoms with E-state index in [0.717, 1.165) is 23.3 Å². The molecule has 0 aliphatic carbocycles. The van der Waals surface area contributed by atoms with E-state index < -0.39 is 17.8 Å². The third-order valence-electron chi connectivity index (χ3n) is 6.35. The lowest BCUT2D eigenvalue weighted by molar-refractivity contribution is -0.120. The van der Waals surface area contributed by atoms with Crippen LogP contribution in [0.3, 0.4) is 0 Å². The van der Waals surface area contributed by atoms with Crippen LogP contribution in [0.25, 0.3) is 0 Å². The summed E-state index contributed by atoms with van der Waals surface area (Å²) in [6, 6.07) is 20.1. The van der Waals surface area contributed by atoms with E-state index in [0.29, 0.717) is 40.7 Å². The van der Waals surface area contributed by atoms with Gasteiger partial charge in [-0.2, -0.15) is 0 Å². The molecule has 1 heterocycles. The lowest BCUT2D eigenvalue weighted by atomic mass is 10.0. The maximum atomic E-state index is 13.1. The van der Waals surface area contributed by atoms with Gasteiger partial charge in [-0.05, 0) is 72.5 Å². The maximum absolute atomic E-state index is 13.1. The lowest BCUT2D eigenvalue weighted by Crippen LogP contribution is -2.32. The minimum absolute atomic E-state index is 0.0422. The summed E-state index contributed by atoms with van der Waals surface area (Å²) in [7, 11) is 0. The second kappa shape index (κ2) is 12.6. The van der Waals surface area contributed by atoms with E-state index >= 15 is 0 Å². The highest BCUT2D eigenvalue weighted by Crippen LogP contribution is 2.31. The van der Waals surface area contributed by atoms with Crippen LogP contribution in [0.15, 0.2) is 83.5 Å². The van der Waals surface area contributed by atoms with Crippen LogP contribution in [0.4, 0.5) is 17.1 Å². The highest BCUT2D eigenvalue weighted by Gasteiger charge is 2.39. The smallest absolute Gasteiger partial charge is 0.338 e. The number of rotatable bonds is 10. The van der Waals surface area contributed by atoms with E-state index in [1.165, 1.54) is 0 Å². The first-order valence-electron chi connectivity index (χ1n) is 13.0. The van der Waals surface area contributed by atoms with Crippen molar-refractivity contribution < 1.29 is 23.9 Å².